The van der Waals surface area contributed by atoms with Gasteiger partial charge in [0, 0.05) is 52.1 Å². The molecule has 15 heteroatoms. The second-order valence-corrected chi connectivity index (χ2v) is 14.5. The molecule has 0 spiro atoms. The maximum absolute atomic E-state index is 13.4. The second kappa shape index (κ2) is 34.9. The van der Waals surface area contributed by atoms with Gasteiger partial charge in [0.2, 0.25) is 23.6 Å². The van der Waals surface area contributed by atoms with E-state index in [2.05, 4.69) is 22.9 Å². The summed E-state index contributed by atoms with van der Waals surface area (Å²) in [7, 11) is 1.27. The zero-order valence-electron chi connectivity index (χ0n) is 34.6. The largest absolute Gasteiger partial charge is 0.481 e. The number of hydrogen-bond donors (Lipinski definition) is 4. The minimum absolute atomic E-state index is 0.0212. The van der Waals surface area contributed by atoms with Crippen molar-refractivity contribution in [1.82, 2.24) is 20.9 Å². The average molecular weight is 799 g/mol. The number of unbranched alkanes of at least 4 members (excludes halogenated alkanes) is 12. The first-order valence-electron chi connectivity index (χ1n) is 21.4. The van der Waals surface area contributed by atoms with Crippen molar-refractivity contribution < 1.29 is 52.8 Å². The predicted molar refractivity (Wildman–Crippen MR) is 213 cm³/mol. The van der Waals surface area contributed by atoms with E-state index in [1.54, 1.807) is 4.90 Å². The summed E-state index contributed by atoms with van der Waals surface area (Å²) in [6.07, 6.45) is 18.7. The lowest BCUT2D eigenvalue weighted by atomic mass is 10.0. The van der Waals surface area contributed by atoms with Gasteiger partial charge in [0.15, 0.2) is 0 Å². The number of likely N-dealkylation sites (tertiary alicyclic amines) is 1. The van der Waals surface area contributed by atoms with Gasteiger partial charge < -0.3 is 44.9 Å². The van der Waals surface area contributed by atoms with Gasteiger partial charge >= 0.3 is 11.9 Å². The highest BCUT2D eigenvalue weighted by Gasteiger charge is 2.35. The maximum Gasteiger partial charge on any atom is 0.305 e. The zero-order chi connectivity index (χ0) is 41.1. The number of carboxylic acid groups (broad SMARTS) is 1. The maximum atomic E-state index is 13.4. The van der Waals surface area contributed by atoms with Gasteiger partial charge in [0.05, 0.1) is 40.0 Å². The van der Waals surface area contributed by atoms with Crippen LogP contribution in [0.5, 0.6) is 0 Å². The molecule has 56 heavy (non-hydrogen) atoms. The van der Waals surface area contributed by atoms with Crippen LogP contribution in [0.4, 0.5) is 0 Å². The molecule has 1 fully saturated rings. The highest BCUT2D eigenvalue weighted by Crippen LogP contribution is 2.21. The van der Waals surface area contributed by atoms with Gasteiger partial charge in [-0.1, -0.05) is 84.0 Å². The van der Waals surface area contributed by atoms with Crippen molar-refractivity contribution in [3.8, 4) is 0 Å². The van der Waals surface area contributed by atoms with Crippen LogP contribution in [0, 0.1) is 0 Å². The second-order valence-electron chi connectivity index (χ2n) is 14.5. The Morgan fingerprint density at radius 3 is 1.75 bits per heavy atom. The molecule has 2 unspecified atom stereocenters. The quantitative estimate of drug-likeness (QED) is 0.0496. The van der Waals surface area contributed by atoms with Gasteiger partial charge in [-0.25, -0.2) is 0 Å². The Bertz CT molecular complexity index is 1090. The van der Waals surface area contributed by atoms with Crippen LogP contribution in [-0.4, -0.2) is 124 Å². The standard InChI is InChI=1S/C41H74N4O11/c1-3-4-5-6-7-8-9-10-11-12-13-14-15-20-37(47)45-27-16-19-35(45)41(52)44-34(21-24-39(50)53-2)40(51)43-26-18-29-55-31-33-56-32-30-54-28-17-25-42-36(46)22-23-38(48)49/h34-35H,3-33H2,1-2H3,(H,42,46)(H,43,51)(H,44,52)(H,48,49). The summed E-state index contributed by atoms with van der Waals surface area (Å²) in [5.41, 5.74) is 0. The molecular formula is C41H74N4O11. The number of rotatable bonds is 37. The lowest BCUT2D eigenvalue weighted by Gasteiger charge is -2.26. The van der Waals surface area contributed by atoms with Crippen LogP contribution in [0.25, 0.3) is 0 Å². The molecule has 324 valence electrons. The van der Waals surface area contributed by atoms with E-state index in [0.717, 1.165) is 25.7 Å². The van der Waals surface area contributed by atoms with E-state index < -0.39 is 29.9 Å². The molecule has 4 N–H and O–H groups in total. The fraction of sp³-hybridized carbons (Fsp3) is 0.854. The third-order valence-corrected chi connectivity index (χ3v) is 9.73. The fourth-order valence-corrected chi connectivity index (χ4v) is 6.44. The molecule has 0 aromatic rings. The van der Waals surface area contributed by atoms with Gasteiger partial charge in [-0.15, -0.1) is 0 Å². The minimum atomic E-state index is -1.00. The molecule has 1 aliphatic rings. The lowest BCUT2D eigenvalue weighted by Crippen LogP contribution is -2.53. The third kappa shape index (κ3) is 27.3. The molecule has 1 saturated heterocycles. The molecule has 0 bridgehead atoms. The summed E-state index contributed by atoms with van der Waals surface area (Å²) in [6.45, 7) is 5.83. The number of hydrogen-bond acceptors (Lipinski definition) is 10. The lowest BCUT2D eigenvalue weighted by molar-refractivity contribution is -0.142. The molecule has 0 aromatic heterocycles. The van der Waals surface area contributed by atoms with E-state index in [-0.39, 0.29) is 43.4 Å². The number of carboxylic acids is 1. The Balaban J connectivity index is 2.24. The monoisotopic (exact) mass is 799 g/mol. The number of esters is 1. The van der Waals surface area contributed by atoms with Gasteiger partial charge in [-0.2, -0.15) is 0 Å². The Hall–Kier alpha value is -3.30. The first-order valence-corrected chi connectivity index (χ1v) is 21.4. The first-order chi connectivity index (χ1) is 27.2. The van der Waals surface area contributed by atoms with Crippen LogP contribution < -0.4 is 16.0 Å². The number of amides is 4. The molecule has 4 amide bonds. The molecule has 1 heterocycles. The molecule has 0 aliphatic carbocycles. The van der Waals surface area contributed by atoms with Gasteiger partial charge in [-0.3, -0.25) is 28.8 Å². The summed E-state index contributed by atoms with van der Waals surface area (Å²) in [5.74, 6) is -2.58. The van der Waals surface area contributed by atoms with E-state index >= 15 is 0 Å². The van der Waals surface area contributed by atoms with E-state index in [9.17, 15) is 28.8 Å². The number of ether oxygens (including phenoxy) is 4. The first kappa shape index (κ1) is 50.7. The van der Waals surface area contributed by atoms with Crippen LogP contribution in [0.15, 0.2) is 0 Å². The number of carbonyl (C=O) groups excluding carboxylic acids is 5. The summed E-state index contributed by atoms with van der Waals surface area (Å²) < 4.78 is 21.2. The van der Waals surface area contributed by atoms with Gasteiger partial charge in [0.1, 0.15) is 12.1 Å². The molecular weight excluding hydrogens is 724 g/mol. The Labute approximate surface area is 335 Å². The third-order valence-electron chi connectivity index (χ3n) is 9.73. The van der Waals surface area contributed by atoms with Crippen molar-refractivity contribution in [1.29, 1.82) is 0 Å². The number of carbonyl (C=O) groups is 6. The summed E-state index contributed by atoms with van der Waals surface area (Å²) in [5, 5.41) is 16.8. The predicted octanol–water partition coefficient (Wildman–Crippen LogP) is 4.82. The van der Waals surface area contributed by atoms with E-state index in [0.29, 0.717) is 85.0 Å². The van der Waals surface area contributed by atoms with E-state index in [1.807, 2.05) is 0 Å². The Kier molecular flexibility index (Phi) is 31.6. The van der Waals surface area contributed by atoms with Crippen molar-refractivity contribution in [2.45, 2.75) is 160 Å². The Morgan fingerprint density at radius 2 is 1.20 bits per heavy atom. The molecule has 0 aromatic carbocycles. The SMILES string of the molecule is CCCCCCCCCCCCCCCC(=O)N1CCCC1C(=O)NC(CCC(=O)OC)C(=O)NCCCOCCOCCOCCCNC(=O)CCC(=O)O. The Morgan fingerprint density at radius 1 is 0.661 bits per heavy atom. The van der Waals surface area contributed by atoms with Gasteiger partial charge in [0.25, 0.3) is 0 Å². The van der Waals surface area contributed by atoms with Crippen LogP contribution in [-0.2, 0) is 47.7 Å². The van der Waals surface area contributed by atoms with E-state index in [1.165, 1.54) is 71.3 Å². The fourth-order valence-electron chi connectivity index (χ4n) is 6.44. The van der Waals surface area contributed by atoms with Crippen molar-refractivity contribution in [2.24, 2.45) is 0 Å². The minimum Gasteiger partial charge on any atom is -0.481 e. The van der Waals surface area contributed by atoms with Crippen molar-refractivity contribution in [3.05, 3.63) is 0 Å². The molecule has 1 aliphatic heterocycles. The molecule has 0 radical (unpaired) electrons. The highest BCUT2D eigenvalue weighted by molar-refractivity contribution is 5.92. The number of aliphatic carboxylic acids is 1. The summed E-state index contributed by atoms with van der Waals surface area (Å²) in [4.78, 5) is 75.0. The number of nitrogens with one attached hydrogen (secondary N) is 3. The number of nitrogens with zero attached hydrogens (tertiary/aromatic N) is 1. The van der Waals surface area contributed by atoms with E-state index in [4.69, 9.17) is 24.1 Å². The van der Waals surface area contributed by atoms with Crippen molar-refractivity contribution in [3.63, 3.8) is 0 Å². The smallest absolute Gasteiger partial charge is 0.305 e. The average Bonchev–Trinajstić information content (AvgIpc) is 3.69. The zero-order valence-corrected chi connectivity index (χ0v) is 34.6. The van der Waals surface area contributed by atoms with Crippen LogP contribution >= 0.6 is 0 Å². The molecule has 2 atom stereocenters. The normalized spacial score (nSPS) is 14.3. The number of methoxy groups -OCH3 is 1. The van der Waals surface area contributed by atoms with Gasteiger partial charge in [-0.05, 0) is 38.5 Å². The van der Waals surface area contributed by atoms with Crippen LogP contribution in [0.3, 0.4) is 0 Å². The molecule has 15 nitrogen and oxygen atoms in total. The summed E-state index contributed by atoms with van der Waals surface area (Å²) >= 11 is 0. The summed E-state index contributed by atoms with van der Waals surface area (Å²) in [6, 6.07) is -1.57. The molecule has 0 saturated carbocycles. The highest BCUT2D eigenvalue weighted by atomic mass is 16.5. The van der Waals surface area contributed by atoms with Crippen molar-refractivity contribution in [2.75, 3.05) is 66.4 Å². The van der Waals surface area contributed by atoms with Crippen LogP contribution in [0.1, 0.15) is 148 Å². The molecule has 1 rings (SSSR count). The van der Waals surface area contributed by atoms with Crippen molar-refractivity contribution >= 4 is 35.6 Å². The van der Waals surface area contributed by atoms with Crippen LogP contribution in [0.2, 0.25) is 0 Å². The topological polar surface area (TPSA) is 199 Å².